The third kappa shape index (κ3) is 3.36. The molecule has 2 atom stereocenters. The van der Waals surface area contributed by atoms with E-state index in [4.69, 9.17) is 14.9 Å². The van der Waals surface area contributed by atoms with E-state index in [0.717, 1.165) is 26.0 Å². The molecule has 2 unspecified atom stereocenters. The van der Waals surface area contributed by atoms with Crippen LogP contribution in [0, 0.1) is 5.41 Å². The third-order valence-electron chi connectivity index (χ3n) is 6.10. The first-order valence-corrected chi connectivity index (χ1v) is 9.86. The molecule has 1 amide bonds. The van der Waals surface area contributed by atoms with Gasteiger partial charge in [-0.3, -0.25) is 4.79 Å². The highest BCUT2D eigenvalue weighted by atomic mass is 16.5. The van der Waals surface area contributed by atoms with Gasteiger partial charge in [-0.2, -0.15) is 0 Å². The van der Waals surface area contributed by atoms with E-state index in [1.165, 1.54) is 32.1 Å². The van der Waals surface area contributed by atoms with Crippen molar-refractivity contribution in [2.24, 2.45) is 11.1 Å². The average molecular weight is 348 g/mol. The molecule has 0 radical (unpaired) electrons. The van der Waals surface area contributed by atoms with Crippen LogP contribution in [-0.2, 0) is 11.3 Å². The maximum atomic E-state index is 13.2. The summed E-state index contributed by atoms with van der Waals surface area (Å²) in [5.74, 6) is 0.739. The van der Waals surface area contributed by atoms with Gasteiger partial charge in [-0.1, -0.05) is 26.2 Å². The van der Waals surface area contributed by atoms with Gasteiger partial charge in [-0.15, -0.1) is 0 Å². The van der Waals surface area contributed by atoms with Gasteiger partial charge in [0.2, 0.25) is 0 Å². The number of hydrogen-bond acceptors (Lipinski definition) is 4. The Morgan fingerprint density at radius 1 is 1.36 bits per heavy atom. The van der Waals surface area contributed by atoms with Crippen molar-refractivity contribution in [3.05, 3.63) is 23.7 Å². The van der Waals surface area contributed by atoms with Gasteiger partial charge in [-0.25, -0.2) is 0 Å². The molecule has 2 saturated carbocycles. The van der Waals surface area contributed by atoms with Crippen molar-refractivity contribution in [2.45, 2.75) is 77.5 Å². The van der Waals surface area contributed by atoms with Gasteiger partial charge in [0.15, 0.2) is 0 Å². The zero-order chi connectivity index (χ0) is 17.9. The molecule has 0 bridgehead atoms. The van der Waals surface area contributed by atoms with Gasteiger partial charge < -0.3 is 19.8 Å². The van der Waals surface area contributed by atoms with E-state index < -0.39 is 0 Å². The van der Waals surface area contributed by atoms with Crippen LogP contribution < -0.4 is 5.73 Å². The molecule has 25 heavy (non-hydrogen) atoms. The van der Waals surface area contributed by atoms with Crippen LogP contribution >= 0.6 is 0 Å². The molecule has 5 nitrogen and oxygen atoms in total. The lowest BCUT2D eigenvalue weighted by molar-refractivity contribution is -0.174. The maximum absolute atomic E-state index is 13.2. The number of carbonyl (C=O) groups excluding carboxylic acids is 1. The normalized spacial score (nSPS) is 24.9. The molecule has 1 spiro atoms. The van der Waals surface area contributed by atoms with E-state index in [0.29, 0.717) is 24.0 Å². The molecule has 2 fully saturated rings. The topological polar surface area (TPSA) is 68.7 Å². The Morgan fingerprint density at radius 2 is 2.12 bits per heavy atom. The third-order valence-corrected chi connectivity index (χ3v) is 6.10. The molecule has 2 aliphatic carbocycles. The van der Waals surface area contributed by atoms with Crippen LogP contribution in [0.25, 0.3) is 0 Å². The molecule has 0 saturated heterocycles. The molecule has 3 rings (SSSR count). The van der Waals surface area contributed by atoms with Crippen molar-refractivity contribution in [2.75, 3.05) is 13.2 Å². The minimum atomic E-state index is 0.0789. The summed E-state index contributed by atoms with van der Waals surface area (Å²) in [6.07, 6.45) is 9.93. The fraction of sp³-hybridized carbons (Fsp3) is 0.750. The van der Waals surface area contributed by atoms with E-state index >= 15 is 0 Å². The van der Waals surface area contributed by atoms with Gasteiger partial charge in [0, 0.05) is 24.6 Å². The van der Waals surface area contributed by atoms with E-state index in [1.54, 1.807) is 12.3 Å². The second kappa shape index (κ2) is 7.92. The highest BCUT2D eigenvalue weighted by Crippen LogP contribution is 2.55. The number of carbonyl (C=O) groups is 1. The molecule has 0 aromatic carbocycles. The fourth-order valence-electron chi connectivity index (χ4n) is 4.87. The van der Waals surface area contributed by atoms with Crippen molar-refractivity contribution in [1.29, 1.82) is 0 Å². The Kier molecular flexibility index (Phi) is 5.85. The molecule has 5 heteroatoms. The standard InChI is InChI=1S/C20H32N2O3/c1-3-10-22(19(23)15-11-16(13-21)25-14-15)17-12-18(24-4-2)20(17)8-6-5-7-9-20/h11,14,17-18H,3-10,12-13,21H2,1-2H3. The summed E-state index contributed by atoms with van der Waals surface area (Å²) in [5, 5.41) is 0. The van der Waals surface area contributed by atoms with Crippen molar-refractivity contribution >= 4 is 5.91 Å². The molecule has 2 aliphatic rings. The number of ether oxygens (including phenoxy) is 1. The summed E-state index contributed by atoms with van der Waals surface area (Å²) in [4.78, 5) is 15.3. The highest BCUT2D eigenvalue weighted by molar-refractivity contribution is 5.94. The molecule has 1 aromatic rings. The van der Waals surface area contributed by atoms with Crippen LogP contribution in [0.4, 0.5) is 0 Å². The van der Waals surface area contributed by atoms with Gasteiger partial charge in [0.05, 0.1) is 18.2 Å². The van der Waals surface area contributed by atoms with E-state index in [-0.39, 0.29) is 17.4 Å². The summed E-state index contributed by atoms with van der Waals surface area (Å²) in [5.41, 5.74) is 6.40. The fourth-order valence-corrected chi connectivity index (χ4v) is 4.87. The molecule has 0 aliphatic heterocycles. The SMILES string of the molecule is CCCN(C(=O)c1coc(CN)c1)C1CC(OCC)C12CCCCC2. The molecule has 1 heterocycles. The van der Waals surface area contributed by atoms with Crippen molar-refractivity contribution in [3.63, 3.8) is 0 Å². The lowest BCUT2D eigenvalue weighted by Gasteiger charge is -2.60. The Labute approximate surface area is 150 Å². The number of rotatable bonds is 7. The summed E-state index contributed by atoms with van der Waals surface area (Å²) in [6.45, 7) is 6.06. The second-order valence-electron chi connectivity index (χ2n) is 7.49. The zero-order valence-electron chi connectivity index (χ0n) is 15.6. The number of amides is 1. The van der Waals surface area contributed by atoms with Crippen LogP contribution in [0.5, 0.6) is 0 Å². The first kappa shape index (κ1) is 18.5. The lowest BCUT2D eigenvalue weighted by Crippen LogP contribution is -2.66. The quantitative estimate of drug-likeness (QED) is 0.815. The minimum absolute atomic E-state index is 0.0789. The predicted octanol–water partition coefficient (Wildman–Crippen LogP) is 3.72. The lowest BCUT2D eigenvalue weighted by atomic mass is 9.54. The Morgan fingerprint density at radius 3 is 2.72 bits per heavy atom. The van der Waals surface area contributed by atoms with Crippen molar-refractivity contribution in [3.8, 4) is 0 Å². The molecule has 140 valence electrons. The Hall–Kier alpha value is -1.33. The molecule has 1 aromatic heterocycles. The number of hydrogen-bond donors (Lipinski definition) is 1. The smallest absolute Gasteiger partial charge is 0.257 e. The maximum Gasteiger partial charge on any atom is 0.257 e. The van der Waals surface area contributed by atoms with Crippen LogP contribution in [0.1, 0.15) is 74.9 Å². The summed E-state index contributed by atoms with van der Waals surface area (Å²) in [6, 6.07) is 2.07. The first-order chi connectivity index (χ1) is 12.2. The van der Waals surface area contributed by atoms with Crippen LogP contribution in [0.3, 0.4) is 0 Å². The monoisotopic (exact) mass is 348 g/mol. The van der Waals surface area contributed by atoms with Crippen LogP contribution in [-0.4, -0.2) is 36.1 Å². The van der Waals surface area contributed by atoms with E-state index in [1.807, 2.05) is 0 Å². The van der Waals surface area contributed by atoms with Gasteiger partial charge >= 0.3 is 0 Å². The Bertz CT molecular complexity index is 577. The second-order valence-corrected chi connectivity index (χ2v) is 7.49. The van der Waals surface area contributed by atoms with Gasteiger partial charge in [0.25, 0.3) is 5.91 Å². The van der Waals surface area contributed by atoms with Gasteiger partial charge in [0.1, 0.15) is 12.0 Å². The first-order valence-electron chi connectivity index (χ1n) is 9.86. The van der Waals surface area contributed by atoms with Crippen molar-refractivity contribution < 1.29 is 13.9 Å². The largest absolute Gasteiger partial charge is 0.467 e. The molecule has 2 N–H and O–H groups in total. The highest BCUT2D eigenvalue weighted by Gasteiger charge is 2.58. The molecular weight excluding hydrogens is 316 g/mol. The van der Waals surface area contributed by atoms with E-state index in [2.05, 4.69) is 18.7 Å². The number of nitrogens with two attached hydrogens (primary N) is 1. The zero-order valence-corrected chi connectivity index (χ0v) is 15.6. The number of nitrogens with zero attached hydrogens (tertiary/aromatic N) is 1. The predicted molar refractivity (Wildman–Crippen MR) is 97.3 cm³/mol. The van der Waals surface area contributed by atoms with E-state index in [9.17, 15) is 4.79 Å². The number of furan rings is 1. The summed E-state index contributed by atoms with van der Waals surface area (Å²) < 4.78 is 11.5. The average Bonchev–Trinajstić information content (AvgIpc) is 3.13. The van der Waals surface area contributed by atoms with Crippen LogP contribution in [0.2, 0.25) is 0 Å². The van der Waals surface area contributed by atoms with Gasteiger partial charge in [-0.05, 0) is 38.7 Å². The van der Waals surface area contributed by atoms with Crippen molar-refractivity contribution in [1.82, 2.24) is 4.90 Å². The summed E-state index contributed by atoms with van der Waals surface area (Å²) >= 11 is 0. The minimum Gasteiger partial charge on any atom is -0.467 e. The Balaban J connectivity index is 1.82. The summed E-state index contributed by atoms with van der Waals surface area (Å²) in [7, 11) is 0. The molecular formula is C20H32N2O3. The van der Waals surface area contributed by atoms with Crippen LogP contribution in [0.15, 0.2) is 16.7 Å².